The van der Waals surface area contributed by atoms with E-state index in [4.69, 9.17) is 40.5 Å². The van der Waals surface area contributed by atoms with Gasteiger partial charge >= 0.3 is 0 Å². The molecule has 2 heterocycles. The molecule has 0 saturated heterocycles. The van der Waals surface area contributed by atoms with E-state index >= 15 is 0 Å². The number of anilines is 1. The van der Waals surface area contributed by atoms with Crippen LogP contribution in [0.2, 0.25) is 10.0 Å². The molecule has 0 atom stereocenters. The highest BCUT2D eigenvalue weighted by Gasteiger charge is 2.17. The number of halogens is 5. The van der Waals surface area contributed by atoms with Crippen molar-refractivity contribution in [2.75, 3.05) is 5.73 Å². The number of benzene rings is 4. The second kappa shape index (κ2) is 13.6. The second-order valence-corrected chi connectivity index (χ2v) is 10.2. The Kier molecular flexibility index (Phi) is 10.00. The fourth-order valence-electron chi connectivity index (χ4n) is 4.13. The van der Waals surface area contributed by atoms with E-state index in [2.05, 4.69) is 9.98 Å². The quantitative estimate of drug-likeness (QED) is 0.144. The smallest absolute Gasteiger partial charge is 0.256 e. The summed E-state index contributed by atoms with van der Waals surface area (Å²) in [6.07, 6.45) is 3.83. The zero-order valence-electron chi connectivity index (χ0n) is 21.4. The highest BCUT2D eigenvalue weighted by atomic mass is 35.5. The van der Waals surface area contributed by atoms with Crippen molar-refractivity contribution in [1.82, 2.24) is 0 Å². The van der Waals surface area contributed by atoms with Gasteiger partial charge in [-0.15, -0.1) is 0 Å². The van der Waals surface area contributed by atoms with Crippen LogP contribution in [0.4, 0.5) is 14.5 Å². The summed E-state index contributed by atoms with van der Waals surface area (Å²) in [6.45, 7) is 1.43. The van der Waals surface area contributed by atoms with Crippen LogP contribution >= 0.6 is 34.8 Å². The molecule has 0 saturated carbocycles. The molecule has 0 unspecified atom stereocenters. The lowest BCUT2D eigenvalue weighted by atomic mass is 9.99. The lowest BCUT2D eigenvalue weighted by Gasteiger charge is -2.06. The van der Waals surface area contributed by atoms with Gasteiger partial charge in [0, 0.05) is 24.5 Å². The predicted molar refractivity (Wildman–Crippen MR) is 161 cm³/mol. The molecule has 4 aromatic rings. The summed E-state index contributed by atoms with van der Waals surface area (Å²) in [5.74, 6) is -1.59. The number of rotatable bonds is 4. The van der Waals surface area contributed by atoms with Gasteiger partial charge in [-0.2, -0.15) is 0 Å². The second-order valence-electron chi connectivity index (χ2n) is 9.00. The number of nitrogens with two attached hydrogens (primary N) is 1. The van der Waals surface area contributed by atoms with Crippen LogP contribution < -0.4 is 5.73 Å². The van der Waals surface area contributed by atoms with Crippen molar-refractivity contribution < 1.29 is 18.4 Å². The summed E-state index contributed by atoms with van der Waals surface area (Å²) >= 11 is 16.4. The molecule has 0 spiro atoms. The first-order valence-electron chi connectivity index (χ1n) is 12.2. The molecule has 0 amide bonds. The number of ketones is 1. The molecule has 0 radical (unpaired) electrons. The topological polar surface area (TPSA) is 84.9 Å². The summed E-state index contributed by atoms with van der Waals surface area (Å²) in [5.41, 5.74) is 11.5. The molecule has 41 heavy (non-hydrogen) atoms. The van der Waals surface area contributed by atoms with Gasteiger partial charge in [-0.3, -0.25) is 19.6 Å². The number of Topliss-reactive ketones (excluding diaryl/α,β-unsaturated/α-hetero) is 1. The van der Waals surface area contributed by atoms with Crippen LogP contribution in [0.1, 0.15) is 48.5 Å². The first kappa shape index (κ1) is 30.1. The fraction of sp³-hybridized carbons (Fsp3) is 0.0968. The minimum absolute atomic E-state index is 0.0324. The van der Waals surface area contributed by atoms with Gasteiger partial charge in [0.2, 0.25) is 0 Å². The van der Waals surface area contributed by atoms with Crippen LogP contribution in [0, 0.1) is 11.6 Å². The van der Waals surface area contributed by atoms with Gasteiger partial charge in [0.05, 0.1) is 34.3 Å². The molecule has 0 aliphatic carbocycles. The lowest BCUT2D eigenvalue weighted by Crippen LogP contribution is -2.07. The van der Waals surface area contributed by atoms with E-state index in [0.29, 0.717) is 6.54 Å². The highest BCUT2D eigenvalue weighted by molar-refractivity contribution is 6.68. The van der Waals surface area contributed by atoms with Crippen molar-refractivity contribution in [3.63, 3.8) is 0 Å². The first-order chi connectivity index (χ1) is 19.6. The van der Waals surface area contributed by atoms with Gasteiger partial charge in [0.25, 0.3) is 5.24 Å². The Morgan fingerprint density at radius 3 is 1.83 bits per heavy atom. The number of aliphatic imine (C=N–C) groups is 2. The number of fused-ring (bicyclic) bond motifs is 2. The average molecular weight is 613 g/mol. The molecule has 4 aromatic carbocycles. The molecule has 2 aliphatic rings. The molecule has 208 valence electrons. The van der Waals surface area contributed by atoms with Crippen molar-refractivity contribution in [2.45, 2.75) is 19.5 Å². The number of hydrogen-bond donors (Lipinski definition) is 1. The molecule has 5 nitrogen and oxygen atoms in total. The molecule has 0 fully saturated rings. The van der Waals surface area contributed by atoms with Gasteiger partial charge in [-0.25, -0.2) is 8.78 Å². The van der Waals surface area contributed by atoms with E-state index in [0.717, 1.165) is 35.0 Å². The standard InChI is InChI=1S/C16H11ClFNO.C8H8N2.C7H3Cl2FO/c17-13-2-1-3-14(18)16(13)15(20)7-10-4-5-11-8-19-9-12(11)6-10;9-8-2-1-6-4-10-5-7(6)3-8;8-4-2-1-3-5(10)6(4)7(9)11/h1-6,8H,7,9H2;1-4H,5,9H2;1-3H. The Morgan fingerprint density at radius 2 is 1.29 bits per heavy atom. The molecule has 6 rings (SSSR count). The summed E-state index contributed by atoms with van der Waals surface area (Å²) in [6, 6.07) is 19.8. The average Bonchev–Trinajstić information content (AvgIpc) is 3.58. The van der Waals surface area contributed by atoms with Crippen LogP contribution in [0.25, 0.3) is 0 Å². The van der Waals surface area contributed by atoms with E-state index in [9.17, 15) is 18.4 Å². The Balaban J connectivity index is 0.000000156. The van der Waals surface area contributed by atoms with Gasteiger partial charge < -0.3 is 5.73 Å². The van der Waals surface area contributed by atoms with Crippen LogP contribution in [0.3, 0.4) is 0 Å². The van der Waals surface area contributed by atoms with E-state index < -0.39 is 16.9 Å². The number of carbonyl (C=O) groups excluding carboxylic acids is 2. The van der Waals surface area contributed by atoms with Gasteiger partial charge in [0.1, 0.15) is 11.6 Å². The molecule has 2 N–H and O–H groups in total. The summed E-state index contributed by atoms with van der Waals surface area (Å²) in [7, 11) is 0. The molecule has 2 aliphatic heterocycles. The van der Waals surface area contributed by atoms with Crippen LogP contribution in [-0.4, -0.2) is 23.5 Å². The number of hydrogen-bond acceptors (Lipinski definition) is 5. The zero-order chi connectivity index (χ0) is 29.5. The summed E-state index contributed by atoms with van der Waals surface area (Å²) in [5, 5.41) is -0.697. The molecular formula is C31H22Cl3F2N3O2. The number of carbonyl (C=O) groups is 2. The largest absolute Gasteiger partial charge is 0.399 e. The zero-order valence-corrected chi connectivity index (χ0v) is 23.7. The number of nitrogens with zero attached hydrogens (tertiary/aromatic N) is 2. The number of nitrogen functional groups attached to an aromatic ring is 1. The maximum absolute atomic E-state index is 13.7. The predicted octanol–water partition coefficient (Wildman–Crippen LogP) is 7.90. The minimum Gasteiger partial charge on any atom is -0.399 e. The summed E-state index contributed by atoms with van der Waals surface area (Å²) < 4.78 is 26.4. The van der Waals surface area contributed by atoms with Crippen molar-refractivity contribution in [1.29, 1.82) is 0 Å². The van der Waals surface area contributed by atoms with E-state index in [1.165, 1.54) is 41.5 Å². The summed E-state index contributed by atoms with van der Waals surface area (Å²) in [4.78, 5) is 31.0. The Bertz CT molecular complexity index is 1650. The van der Waals surface area contributed by atoms with Crippen LogP contribution in [0.15, 0.2) is 82.8 Å². The Hall–Kier alpha value is -3.91. The first-order valence-corrected chi connectivity index (χ1v) is 13.4. The van der Waals surface area contributed by atoms with Gasteiger partial charge in [-0.1, -0.05) is 59.6 Å². The van der Waals surface area contributed by atoms with Crippen LogP contribution in [0.5, 0.6) is 0 Å². The third-order valence-corrected chi connectivity index (χ3v) is 6.94. The minimum atomic E-state index is -0.881. The monoisotopic (exact) mass is 611 g/mol. The Morgan fingerprint density at radius 1 is 0.756 bits per heavy atom. The van der Waals surface area contributed by atoms with E-state index in [1.807, 2.05) is 48.8 Å². The molecular weight excluding hydrogens is 591 g/mol. The van der Waals surface area contributed by atoms with Crippen LogP contribution in [-0.2, 0) is 19.5 Å². The van der Waals surface area contributed by atoms with E-state index in [-0.39, 0.29) is 33.4 Å². The third kappa shape index (κ3) is 7.64. The maximum Gasteiger partial charge on any atom is 0.256 e. The van der Waals surface area contributed by atoms with E-state index in [1.54, 1.807) is 0 Å². The van der Waals surface area contributed by atoms with Crippen molar-refractivity contribution in [3.05, 3.63) is 133 Å². The molecule has 0 bridgehead atoms. The van der Waals surface area contributed by atoms with Crippen molar-refractivity contribution in [2.24, 2.45) is 9.98 Å². The lowest BCUT2D eigenvalue weighted by molar-refractivity contribution is 0.0988. The third-order valence-electron chi connectivity index (χ3n) is 6.12. The highest BCUT2D eigenvalue weighted by Crippen LogP contribution is 2.23. The molecule has 10 heteroatoms. The normalized spacial score (nSPS) is 12.0. The van der Waals surface area contributed by atoms with Crippen molar-refractivity contribution in [3.8, 4) is 0 Å². The molecule has 0 aromatic heterocycles. The van der Waals surface area contributed by atoms with Gasteiger partial charge in [0.15, 0.2) is 5.78 Å². The SMILES string of the molecule is Nc1ccc2c(c1)CN=C2.O=C(Cc1ccc2c(c1)CN=C2)c1c(F)cccc1Cl.O=C(Cl)c1c(F)cccc1Cl. The Labute approximate surface area is 250 Å². The fourth-order valence-corrected chi connectivity index (χ4v) is 4.89. The maximum atomic E-state index is 13.7. The van der Waals surface area contributed by atoms with Crippen molar-refractivity contribution >= 4 is 63.9 Å². The van der Waals surface area contributed by atoms with Gasteiger partial charge in [-0.05, 0) is 75.8 Å².